The molecule has 0 aliphatic heterocycles. The van der Waals surface area contributed by atoms with Gasteiger partial charge >= 0.3 is 0 Å². The lowest BCUT2D eigenvalue weighted by Gasteiger charge is -2.22. The summed E-state index contributed by atoms with van der Waals surface area (Å²) in [5.74, 6) is 3.56. The summed E-state index contributed by atoms with van der Waals surface area (Å²) >= 11 is 0. The third kappa shape index (κ3) is 3.84. The molecule has 0 heterocycles. The maximum atomic E-state index is 3.78. The molecule has 0 bridgehead atoms. The lowest BCUT2D eigenvalue weighted by Crippen LogP contribution is -2.30. The number of rotatable bonds is 3. The fourth-order valence-corrected chi connectivity index (χ4v) is 6.49. The van der Waals surface area contributed by atoms with Crippen LogP contribution >= 0.6 is 7.26 Å². The van der Waals surface area contributed by atoms with Crippen molar-refractivity contribution in [1.82, 2.24) is 0 Å². The van der Waals surface area contributed by atoms with E-state index in [-0.39, 0.29) is 5.41 Å². The van der Waals surface area contributed by atoms with E-state index in [1.54, 1.807) is 0 Å². The van der Waals surface area contributed by atoms with Gasteiger partial charge in [0.15, 0.2) is 7.26 Å². The van der Waals surface area contributed by atoms with E-state index < -0.39 is 7.26 Å². The predicted octanol–water partition coefficient (Wildman–Crippen LogP) is 4.99. The second-order valence-corrected chi connectivity index (χ2v) is 10.3. The van der Waals surface area contributed by atoms with E-state index in [0.29, 0.717) is 0 Å². The van der Waals surface area contributed by atoms with Crippen molar-refractivity contribution in [2.75, 3.05) is 0 Å². The Morgan fingerprint density at radius 1 is 0.560 bits per heavy atom. The Kier molecular flexibility index (Phi) is 5.08. The first-order chi connectivity index (χ1) is 12.0. The molecule has 0 saturated carbocycles. The molecule has 0 saturated heterocycles. The van der Waals surface area contributed by atoms with Crippen LogP contribution in [0.3, 0.4) is 0 Å². The SMILES string of the molecule is CC(C)(C)C#C[P+](c1ccccc1)(c1ccccc1)c1ccccc1. The van der Waals surface area contributed by atoms with Crippen molar-refractivity contribution in [3.8, 4) is 11.6 Å². The first kappa shape index (κ1) is 17.5. The average Bonchev–Trinajstić information content (AvgIpc) is 2.64. The van der Waals surface area contributed by atoms with E-state index in [4.69, 9.17) is 0 Å². The van der Waals surface area contributed by atoms with Crippen molar-refractivity contribution in [3.05, 3.63) is 91.0 Å². The maximum Gasteiger partial charge on any atom is 0.189 e. The zero-order chi connectivity index (χ0) is 17.8. The molecule has 0 aliphatic rings. The molecule has 3 aromatic rings. The molecule has 0 N–H and O–H groups in total. The van der Waals surface area contributed by atoms with Crippen molar-refractivity contribution in [3.63, 3.8) is 0 Å². The molecule has 3 rings (SSSR count). The molecule has 0 radical (unpaired) electrons. The minimum Gasteiger partial charge on any atom is -0.0620 e. The highest BCUT2D eigenvalue weighted by atomic mass is 31.2. The Morgan fingerprint density at radius 3 is 1.16 bits per heavy atom. The van der Waals surface area contributed by atoms with Crippen molar-refractivity contribution in [2.45, 2.75) is 20.8 Å². The predicted molar refractivity (Wildman–Crippen MR) is 112 cm³/mol. The van der Waals surface area contributed by atoms with Gasteiger partial charge in [-0.05, 0) is 57.2 Å². The van der Waals surface area contributed by atoms with Gasteiger partial charge in [0.1, 0.15) is 15.9 Å². The Balaban J connectivity index is 2.37. The van der Waals surface area contributed by atoms with Gasteiger partial charge in [0, 0.05) is 5.41 Å². The summed E-state index contributed by atoms with van der Waals surface area (Å²) in [5.41, 5.74) is 3.75. The van der Waals surface area contributed by atoms with Crippen LogP contribution in [0.25, 0.3) is 0 Å². The van der Waals surface area contributed by atoms with Crippen molar-refractivity contribution in [1.29, 1.82) is 0 Å². The van der Waals surface area contributed by atoms with E-state index in [0.717, 1.165) is 0 Å². The summed E-state index contributed by atoms with van der Waals surface area (Å²) in [7, 11) is -2.01. The molecule has 0 unspecified atom stereocenters. The standard InChI is InChI=1S/C24H24P/c1-24(2,3)19-20-25(21-13-7-4-8-14-21,22-15-9-5-10-16-22)23-17-11-6-12-18-23/h4-18H,1-3H3/q+1. The minimum atomic E-state index is -2.01. The van der Waals surface area contributed by atoms with Crippen LogP contribution in [0.15, 0.2) is 91.0 Å². The van der Waals surface area contributed by atoms with E-state index in [1.165, 1.54) is 15.9 Å². The fourth-order valence-electron chi connectivity index (χ4n) is 2.85. The first-order valence-electron chi connectivity index (χ1n) is 8.63. The monoisotopic (exact) mass is 343 g/mol. The van der Waals surface area contributed by atoms with Crippen LogP contribution in [-0.4, -0.2) is 0 Å². The van der Waals surface area contributed by atoms with E-state index in [1.807, 2.05) is 0 Å². The van der Waals surface area contributed by atoms with Crippen LogP contribution in [0.2, 0.25) is 0 Å². The third-order valence-corrected chi connectivity index (χ3v) is 7.69. The normalized spacial score (nSPS) is 11.5. The smallest absolute Gasteiger partial charge is 0.0620 e. The van der Waals surface area contributed by atoms with Crippen molar-refractivity contribution >= 4 is 23.2 Å². The summed E-state index contributed by atoms with van der Waals surface area (Å²) < 4.78 is 0. The Labute approximate surface area is 152 Å². The maximum absolute atomic E-state index is 3.78. The third-order valence-electron chi connectivity index (χ3n) is 4.03. The number of hydrogen-bond acceptors (Lipinski definition) is 0. The van der Waals surface area contributed by atoms with Crippen LogP contribution in [-0.2, 0) is 0 Å². The fraction of sp³-hybridized carbons (Fsp3) is 0.167. The van der Waals surface area contributed by atoms with Crippen LogP contribution in [0.5, 0.6) is 0 Å². The highest BCUT2D eigenvalue weighted by Gasteiger charge is 2.44. The van der Waals surface area contributed by atoms with Crippen molar-refractivity contribution < 1.29 is 0 Å². The Hall–Kier alpha value is -2.35. The van der Waals surface area contributed by atoms with Gasteiger partial charge in [0.05, 0.1) is 5.66 Å². The topological polar surface area (TPSA) is 0 Å². The molecular weight excluding hydrogens is 319 g/mol. The Morgan fingerprint density at radius 2 is 0.880 bits per heavy atom. The first-order valence-corrected chi connectivity index (χ1v) is 10.4. The molecule has 0 fully saturated rings. The average molecular weight is 343 g/mol. The van der Waals surface area contributed by atoms with Crippen LogP contribution in [0.1, 0.15) is 20.8 Å². The molecule has 0 amide bonds. The summed E-state index contributed by atoms with van der Waals surface area (Å²) in [5, 5.41) is 3.93. The summed E-state index contributed by atoms with van der Waals surface area (Å²) in [4.78, 5) is 0. The number of hydrogen-bond donors (Lipinski definition) is 0. The molecule has 124 valence electrons. The van der Waals surface area contributed by atoms with Gasteiger partial charge in [-0.1, -0.05) is 60.5 Å². The second kappa shape index (κ2) is 7.26. The zero-order valence-corrected chi connectivity index (χ0v) is 16.0. The number of benzene rings is 3. The quantitative estimate of drug-likeness (QED) is 0.464. The van der Waals surface area contributed by atoms with Gasteiger partial charge in [-0.15, -0.1) is 0 Å². The molecule has 25 heavy (non-hydrogen) atoms. The van der Waals surface area contributed by atoms with Gasteiger partial charge in [-0.3, -0.25) is 0 Å². The molecule has 3 aromatic carbocycles. The Bertz CT molecular complexity index is 767. The van der Waals surface area contributed by atoms with Gasteiger partial charge < -0.3 is 0 Å². The highest BCUT2D eigenvalue weighted by molar-refractivity contribution is 7.99. The molecule has 0 aromatic heterocycles. The molecule has 1 heteroatoms. The summed E-state index contributed by atoms with van der Waals surface area (Å²) in [6.45, 7) is 6.53. The summed E-state index contributed by atoms with van der Waals surface area (Å²) in [6.07, 6.45) is 0. The second-order valence-electron chi connectivity index (χ2n) is 7.16. The van der Waals surface area contributed by atoms with E-state index in [9.17, 15) is 0 Å². The van der Waals surface area contributed by atoms with Crippen LogP contribution in [0.4, 0.5) is 0 Å². The zero-order valence-electron chi connectivity index (χ0n) is 15.1. The van der Waals surface area contributed by atoms with Crippen LogP contribution in [0, 0.1) is 17.0 Å². The van der Waals surface area contributed by atoms with Crippen LogP contribution < -0.4 is 15.9 Å². The lowest BCUT2D eigenvalue weighted by atomic mass is 9.99. The molecule has 0 spiro atoms. The van der Waals surface area contributed by atoms with Gasteiger partial charge in [-0.2, -0.15) is 0 Å². The van der Waals surface area contributed by atoms with Gasteiger partial charge in [0.25, 0.3) is 0 Å². The van der Waals surface area contributed by atoms with Gasteiger partial charge in [-0.25, -0.2) is 0 Å². The van der Waals surface area contributed by atoms with E-state index >= 15 is 0 Å². The molecule has 0 nitrogen and oxygen atoms in total. The highest BCUT2D eigenvalue weighted by Crippen LogP contribution is 2.54. The minimum absolute atomic E-state index is 0.0381. The molecule has 0 atom stereocenters. The van der Waals surface area contributed by atoms with E-state index in [2.05, 4.69) is 123 Å². The van der Waals surface area contributed by atoms with Gasteiger partial charge in [0.2, 0.25) is 0 Å². The van der Waals surface area contributed by atoms with Crippen molar-refractivity contribution in [2.24, 2.45) is 5.41 Å². The molecular formula is C24H24P+. The summed E-state index contributed by atoms with van der Waals surface area (Å²) in [6, 6.07) is 32.3. The largest absolute Gasteiger partial charge is 0.189 e. The lowest BCUT2D eigenvalue weighted by molar-refractivity contribution is 0.571. The molecule has 0 aliphatic carbocycles.